The van der Waals surface area contributed by atoms with Gasteiger partial charge in [0.1, 0.15) is 24.4 Å². The molecule has 11 nitrogen and oxygen atoms in total. The number of Topliss-reactive ketones (excluding diaryl/α,β-unsaturated/α-hetero) is 1. The molecule has 3 saturated heterocycles. The standard InChI is InChI=1S/C41H65NO10/c1-10-26-12-11-13-34(52-36-17-16-33(42(5)6)23(3)48-36)22(2)37(44)32-20-30-28(31(32)21-35(43)50-26)15-14-25-18-27(19-29(25)30)51-41-40(47-9)39(46-8)38(45-7)24(4)49-41/h14-15,20,22-31,33-34,36,38-41H,10-13,16-19,21H2,1-9H3/t22?,23?,24?,25-,26+,27-,28-,29-,30-,31-,33?,34+,36?,38?,39?,40?,41?/m1/s1. The quantitative estimate of drug-likeness (QED) is 0.222. The Kier molecular flexibility index (Phi) is 13.4. The summed E-state index contributed by atoms with van der Waals surface area (Å²) in [7, 11) is 9.15. The number of fused-ring (bicyclic) bond motifs is 5. The smallest absolute Gasteiger partial charge is 0.306 e. The molecular formula is C41H65NO10. The fourth-order valence-electron chi connectivity index (χ4n) is 10.4. The second-order valence-corrected chi connectivity index (χ2v) is 16.5. The lowest BCUT2D eigenvalue weighted by Gasteiger charge is -2.44. The van der Waals surface area contributed by atoms with Crippen LogP contribution in [0.4, 0.5) is 0 Å². The van der Waals surface area contributed by atoms with Crippen molar-refractivity contribution >= 4 is 11.8 Å². The van der Waals surface area contributed by atoms with Gasteiger partial charge in [-0.2, -0.15) is 0 Å². The lowest BCUT2D eigenvalue weighted by atomic mass is 9.70. The van der Waals surface area contributed by atoms with Crippen molar-refractivity contribution in [2.24, 2.45) is 35.5 Å². The Morgan fingerprint density at radius 1 is 0.827 bits per heavy atom. The first-order valence-electron chi connectivity index (χ1n) is 20.0. The normalized spacial score (nSPS) is 45.7. The number of rotatable bonds is 9. The van der Waals surface area contributed by atoms with Crippen LogP contribution in [-0.4, -0.2) is 120 Å². The van der Waals surface area contributed by atoms with Gasteiger partial charge in [0.05, 0.1) is 30.8 Å². The van der Waals surface area contributed by atoms with E-state index in [0.29, 0.717) is 18.4 Å². The van der Waals surface area contributed by atoms with Gasteiger partial charge in [-0.1, -0.05) is 32.1 Å². The van der Waals surface area contributed by atoms with E-state index in [0.717, 1.165) is 50.5 Å². The maximum absolute atomic E-state index is 14.7. The summed E-state index contributed by atoms with van der Waals surface area (Å²) in [6.45, 7) is 8.17. The molecule has 3 aliphatic heterocycles. The van der Waals surface area contributed by atoms with E-state index in [4.69, 9.17) is 37.9 Å². The molecule has 1 saturated carbocycles. The summed E-state index contributed by atoms with van der Waals surface area (Å²) < 4.78 is 49.5. The first-order chi connectivity index (χ1) is 25.0. The minimum Gasteiger partial charge on any atom is -0.462 e. The molecule has 3 heterocycles. The van der Waals surface area contributed by atoms with Crippen molar-refractivity contribution in [3.05, 3.63) is 23.8 Å². The molecule has 294 valence electrons. The van der Waals surface area contributed by atoms with E-state index in [1.165, 1.54) is 0 Å². The largest absolute Gasteiger partial charge is 0.462 e. The maximum Gasteiger partial charge on any atom is 0.306 e. The number of carbonyl (C=O) groups is 2. The number of allylic oxidation sites excluding steroid dienone is 4. The number of likely N-dealkylation sites (N-methyl/N-ethyl adjacent to an activating group) is 1. The number of carbonyl (C=O) groups excluding carboxylic acids is 2. The second kappa shape index (κ2) is 17.4. The van der Waals surface area contributed by atoms with Gasteiger partial charge in [-0.3, -0.25) is 9.59 Å². The van der Waals surface area contributed by atoms with E-state index in [9.17, 15) is 9.59 Å². The van der Waals surface area contributed by atoms with Crippen molar-refractivity contribution in [3.63, 3.8) is 0 Å². The Balaban J connectivity index is 1.20. The molecule has 52 heavy (non-hydrogen) atoms. The van der Waals surface area contributed by atoms with Gasteiger partial charge < -0.3 is 42.8 Å². The highest BCUT2D eigenvalue weighted by Gasteiger charge is 2.52. The lowest BCUT2D eigenvalue weighted by Crippen LogP contribution is -2.59. The van der Waals surface area contributed by atoms with E-state index < -0.39 is 12.4 Å². The number of methoxy groups -OCH3 is 3. The average Bonchev–Trinajstić information content (AvgIpc) is 3.70. The molecule has 4 fully saturated rings. The first-order valence-corrected chi connectivity index (χ1v) is 20.0. The van der Waals surface area contributed by atoms with Gasteiger partial charge in [-0.25, -0.2) is 0 Å². The fourth-order valence-corrected chi connectivity index (χ4v) is 10.4. The maximum atomic E-state index is 14.7. The zero-order valence-corrected chi connectivity index (χ0v) is 32.9. The van der Waals surface area contributed by atoms with Crippen molar-refractivity contribution in [2.75, 3.05) is 35.4 Å². The van der Waals surface area contributed by atoms with Gasteiger partial charge in [0.2, 0.25) is 0 Å². The van der Waals surface area contributed by atoms with E-state index in [1.54, 1.807) is 21.3 Å². The van der Waals surface area contributed by atoms with Crippen LogP contribution in [0.15, 0.2) is 23.8 Å². The van der Waals surface area contributed by atoms with Crippen molar-refractivity contribution in [3.8, 4) is 0 Å². The molecular weight excluding hydrogens is 666 g/mol. The van der Waals surface area contributed by atoms with E-state index in [1.807, 2.05) is 13.8 Å². The van der Waals surface area contributed by atoms with Crippen LogP contribution in [0.25, 0.3) is 0 Å². The number of hydrogen-bond acceptors (Lipinski definition) is 11. The van der Waals surface area contributed by atoms with Crippen molar-refractivity contribution in [2.45, 2.75) is 153 Å². The number of ether oxygens (including phenoxy) is 8. The molecule has 9 unspecified atom stereocenters. The topological polar surface area (TPSA) is 111 Å². The fraction of sp³-hybridized carbons (Fsp3) is 0.854. The van der Waals surface area contributed by atoms with E-state index in [-0.39, 0.29) is 96.8 Å². The average molecular weight is 732 g/mol. The van der Waals surface area contributed by atoms with Crippen molar-refractivity contribution < 1.29 is 47.5 Å². The summed E-state index contributed by atoms with van der Waals surface area (Å²) in [5.74, 6) is 0.0198. The SMILES string of the molecule is CC[C@H]1CCC[C@H](OC2CCC(N(C)C)C(C)O2)C(C)C(=O)C2=C[C@@H]3[C@@H](C=C[C@@H]4C[C@@H](OC5OC(C)C(OC)C(OC)C5OC)C[C@@H]34)[C@H]2CC(=O)O1. The number of ketones is 1. The minimum atomic E-state index is -0.594. The van der Waals surface area contributed by atoms with Gasteiger partial charge in [-0.05, 0) is 109 Å². The molecule has 6 aliphatic rings. The molecule has 0 N–H and O–H groups in total. The minimum absolute atomic E-state index is 0.0380. The first kappa shape index (κ1) is 40.0. The Hall–Kier alpha value is -1.70. The molecule has 17 atom stereocenters. The van der Waals surface area contributed by atoms with Crippen LogP contribution in [0.1, 0.15) is 85.5 Å². The van der Waals surface area contributed by atoms with Gasteiger partial charge >= 0.3 is 5.97 Å². The summed E-state index contributed by atoms with van der Waals surface area (Å²) in [5.41, 5.74) is 0.763. The van der Waals surface area contributed by atoms with E-state index in [2.05, 4.69) is 51.1 Å². The molecule has 0 spiro atoms. The highest BCUT2D eigenvalue weighted by atomic mass is 16.7. The Morgan fingerprint density at radius 2 is 1.58 bits per heavy atom. The lowest BCUT2D eigenvalue weighted by molar-refractivity contribution is -0.314. The van der Waals surface area contributed by atoms with Crippen LogP contribution < -0.4 is 0 Å². The summed E-state index contributed by atoms with van der Waals surface area (Å²) >= 11 is 0. The van der Waals surface area contributed by atoms with Crippen molar-refractivity contribution in [1.29, 1.82) is 0 Å². The molecule has 0 aromatic heterocycles. The molecule has 0 radical (unpaired) electrons. The predicted octanol–water partition coefficient (Wildman–Crippen LogP) is 5.49. The van der Waals surface area contributed by atoms with Crippen molar-refractivity contribution in [1.82, 2.24) is 4.90 Å². The molecule has 6 rings (SSSR count). The third kappa shape index (κ3) is 8.27. The number of nitrogens with zero attached hydrogens (tertiary/aromatic N) is 1. The van der Waals surface area contributed by atoms with Crippen LogP contribution in [-0.2, 0) is 47.5 Å². The summed E-state index contributed by atoms with van der Waals surface area (Å²) in [4.78, 5) is 30.4. The second-order valence-electron chi connectivity index (χ2n) is 16.5. The number of hydrogen-bond donors (Lipinski definition) is 0. The van der Waals surface area contributed by atoms with Crippen LogP contribution in [0.3, 0.4) is 0 Å². The predicted molar refractivity (Wildman–Crippen MR) is 194 cm³/mol. The summed E-state index contributed by atoms with van der Waals surface area (Å²) in [6, 6.07) is 0.339. The Bertz CT molecular complexity index is 1290. The zero-order valence-electron chi connectivity index (χ0n) is 32.9. The van der Waals surface area contributed by atoms with Gasteiger partial charge in [0, 0.05) is 39.2 Å². The molecule has 3 aliphatic carbocycles. The molecule has 0 amide bonds. The third-order valence-corrected chi connectivity index (χ3v) is 13.3. The number of esters is 1. The Labute approximate surface area is 311 Å². The van der Waals surface area contributed by atoms with Gasteiger partial charge in [0.15, 0.2) is 18.4 Å². The van der Waals surface area contributed by atoms with Gasteiger partial charge in [0.25, 0.3) is 0 Å². The van der Waals surface area contributed by atoms with E-state index >= 15 is 0 Å². The highest BCUT2D eigenvalue weighted by Crippen LogP contribution is 2.54. The molecule has 11 heteroatoms. The third-order valence-electron chi connectivity index (χ3n) is 13.3. The highest BCUT2D eigenvalue weighted by molar-refractivity contribution is 5.99. The zero-order chi connectivity index (χ0) is 37.3. The van der Waals surface area contributed by atoms with Crippen LogP contribution in [0.5, 0.6) is 0 Å². The molecule has 0 aromatic carbocycles. The summed E-state index contributed by atoms with van der Waals surface area (Å²) in [5, 5.41) is 0. The van der Waals surface area contributed by atoms with Crippen LogP contribution in [0.2, 0.25) is 0 Å². The monoisotopic (exact) mass is 731 g/mol. The number of cyclic esters (lactones) is 1. The van der Waals surface area contributed by atoms with Gasteiger partial charge in [-0.15, -0.1) is 0 Å². The van der Waals surface area contributed by atoms with Crippen LogP contribution in [0, 0.1) is 35.5 Å². The van der Waals surface area contributed by atoms with Crippen LogP contribution >= 0.6 is 0 Å². The molecule has 0 aromatic rings. The Morgan fingerprint density at radius 3 is 2.25 bits per heavy atom. The summed E-state index contributed by atoms with van der Waals surface area (Å²) in [6.07, 6.45) is 10.8. The molecule has 0 bridgehead atoms.